The van der Waals surface area contributed by atoms with E-state index in [1.807, 2.05) is 18.2 Å². The molecule has 2 fully saturated rings. The second kappa shape index (κ2) is 8.79. The fraction of sp³-hybridized carbons (Fsp3) is 0.450. The maximum absolute atomic E-state index is 12.4. The van der Waals surface area contributed by atoms with Gasteiger partial charge in [0, 0.05) is 36.9 Å². The lowest BCUT2D eigenvalue weighted by Gasteiger charge is -2.19. The van der Waals surface area contributed by atoms with E-state index in [4.69, 9.17) is 14.2 Å². The Kier molecular flexibility index (Phi) is 5.96. The number of aromatic nitrogens is 1. The molecule has 2 amide bonds. The summed E-state index contributed by atoms with van der Waals surface area (Å²) in [4.78, 5) is 30.2. The van der Waals surface area contributed by atoms with Gasteiger partial charge in [0.05, 0.1) is 20.3 Å². The summed E-state index contributed by atoms with van der Waals surface area (Å²) in [5, 5.41) is 5.03. The highest BCUT2D eigenvalue weighted by Gasteiger charge is 2.32. The first-order valence-corrected chi connectivity index (χ1v) is 10.4. The third kappa shape index (κ3) is 4.68. The fourth-order valence-electron chi connectivity index (χ4n) is 3.59. The van der Waals surface area contributed by atoms with E-state index in [0.717, 1.165) is 18.4 Å². The molecule has 3 heterocycles. The minimum absolute atomic E-state index is 0.00656. The number of carbonyl (C=O) groups excluding carboxylic acids is 2. The van der Waals surface area contributed by atoms with Gasteiger partial charge in [0.25, 0.3) is 0 Å². The van der Waals surface area contributed by atoms with E-state index in [1.54, 1.807) is 23.6 Å². The van der Waals surface area contributed by atoms with Crippen molar-refractivity contribution in [1.29, 1.82) is 0 Å². The molecule has 8 nitrogen and oxygen atoms in total. The molecule has 2 aliphatic heterocycles. The summed E-state index contributed by atoms with van der Waals surface area (Å²) < 4.78 is 16.9. The molecule has 0 saturated carbocycles. The summed E-state index contributed by atoms with van der Waals surface area (Å²) in [7, 11) is 1.60. The van der Waals surface area contributed by atoms with E-state index >= 15 is 0 Å². The molecular formula is C20H23N3O5S. The Morgan fingerprint density at radius 3 is 3.03 bits per heavy atom. The number of carbonyl (C=O) groups is 2. The van der Waals surface area contributed by atoms with Crippen LogP contribution >= 0.6 is 11.3 Å². The average molecular weight is 417 g/mol. The van der Waals surface area contributed by atoms with E-state index < -0.39 is 0 Å². The molecule has 2 saturated heterocycles. The minimum Gasteiger partial charge on any atom is -0.493 e. The first kappa shape index (κ1) is 19.7. The largest absolute Gasteiger partial charge is 0.493 e. The van der Waals surface area contributed by atoms with Gasteiger partial charge in [-0.25, -0.2) is 4.98 Å². The molecule has 0 aliphatic carbocycles. The van der Waals surface area contributed by atoms with Gasteiger partial charge in [-0.1, -0.05) is 6.07 Å². The van der Waals surface area contributed by atoms with Gasteiger partial charge in [-0.15, -0.1) is 11.3 Å². The van der Waals surface area contributed by atoms with Crippen LogP contribution in [0.5, 0.6) is 11.5 Å². The van der Waals surface area contributed by atoms with Crippen molar-refractivity contribution in [2.24, 2.45) is 0 Å². The number of hydrogen-bond acceptors (Lipinski definition) is 7. The number of nitrogens with one attached hydrogen (secondary N) is 1. The first-order valence-electron chi connectivity index (χ1n) is 9.55. The minimum atomic E-state index is -0.268. The zero-order chi connectivity index (χ0) is 20.2. The summed E-state index contributed by atoms with van der Waals surface area (Å²) in [5.41, 5.74) is 0.981. The van der Waals surface area contributed by atoms with Crippen molar-refractivity contribution in [3.05, 3.63) is 35.3 Å². The number of thiazole rings is 1. The molecule has 1 aromatic carbocycles. The third-order valence-corrected chi connectivity index (χ3v) is 5.72. The Balaban J connectivity index is 1.41. The van der Waals surface area contributed by atoms with Crippen LogP contribution in [0.2, 0.25) is 0 Å². The van der Waals surface area contributed by atoms with E-state index in [1.165, 1.54) is 11.3 Å². The number of likely N-dealkylation sites (tertiary alicyclic amines) is 1. The Bertz CT molecular complexity index is 867. The lowest BCUT2D eigenvalue weighted by atomic mass is 9.98. The fourth-order valence-corrected chi connectivity index (χ4v) is 4.13. The zero-order valence-corrected chi connectivity index (χ0v) is 16.9. The Hall–Kier alpha value is -2.65. The molecule has 2 atom stereocenters. The van der Waals surface area contributed by atoms with Gasteiger partial charge in [0.1, 0.15) is 0 Å². The van der Waals surface area contributed by atoms with Crippen LogP contribution in [-0.4, -0.2) is 54.8 Å². The zero-order valence-electron chi connectivity index (χ0n) is 16.1. The highest BCUT2D eigenvalue weighted by molar-refractivity contribution is 7.13. The van der Waals surface area contributed by atoms with Crippen molar-refractivity contribution < 1.29 is 23.8 Å². The number of hydrogen-bond donors (Lipinski definition) is 1. The van der Waals surface area contributed by atoms with Gasteiger partial charge in [0.15, 0.2) is 22.9 Å². The molecule has 29 heavy (non-hydrogen) atoms. The van der Waals surface area contributed by atoms with Crippen molar-refractivity contribution in [2.45, 2.75) is 31.5 Å². The van der Waals surface area contributed by atoms with Crippen molar-refractivity contribution in [2.75, 3.05) is 32.1 Å². The average Bonchev–Trinajstić information content (AvgIpc) is 3.46. The lowest BCUT2D eigenvalue weighted by Crippen LogP contribution is -2.34. The highest BCUT2D eigenvalue weighted by atomic mass is 32.1. The number of anilines is 1. The molecule has 1 N–H and O–H groups in total. The molecule has 0 radical (unpaired) electrons. The predicted molar refractivity (Wildman–Crippen MR) is 107 cm³/mol. The van der Waals surface area contributed by atoms with Gasteiger partial charge in [0.2, 0.25) is 11.8 Å². The van der Waals surface area contributed by atoms with E-state index in [9.17, 15) is 9.59 Å². The number of methoxy groups -OCH3 is 1. The number of ether oxygens (including phenoxy) is 3. The van der Waals surface area contributed by atoms with E-state index in [2.05, 4.69) is 10.3 Å². The molecule has 154 valence electrons. The molecule has 2 aromatic rings. The van der Waals surface area contributed by atoms with Crippen LogP contribution in [0.15, 0.2) is 29.8 Å². The standard InChI is InChI=1S/C20H23N3O5S/c1-26-15-5-4-13(9-16(15)28-19-3-2-7-27-19)14-10-18(25)23(11-14)12-17(24)22-20-21-6-8-29-20/h4-6,8-9,14,19H,2-3,7,10-12H2,1H3,(H,21,22,24)/t14-,19?/m1/s1. The van der Waals surface area contributed by atoms with Crippen LogP contribution in [0.4, 0.5) is 5.13 Å². The summed E-state index contributed by atoms with van der Waals surface area (Å²) in [5.74, 6) is 0.957. The van der Waals surface area contributed by atoms with Gasteiger partial charge >= 0.3 is 0 Å². The van der Waals surface area contributed by atoms with E-state index in [0.29, 0.717) is 36.2 Å². The smallest absolute Gasteiger partial charge is 0.245 e. The number of benzene rings is 1. The molecule has 1 aromatic heterocycles. The molecule has 4 rings (SSSR count). The van der Waals surface area contributed by atoms with Gasteiger partial charge in [-0.05, 0) is 24.1 Å². The van der Waals surface area contributed by atoms with Crippen molar-refractivity contribution in [3.8, 4) is 11.5 Å². The second-order valence-corrected chi connectivity index (χ2v) is 7.93. The van der Waals surface area contributed by atoms with Crippen LogP contribution in [0, 0.1) is 0 Å². The summed E-state index contributed by atoms with van der Waals surface area (Å²) in [6, 6.07) is 5.71. The maximum atomic E-state index is 12.4. The van der Waals surface area contributed by atoms with Gasteiger partial charge in [-0.2, -0.15) is 0 Å². The van der Waals surface area contributed by atoms with Crippen LogP contribution < -0.4 is 14.8 Å². The number of rotatable bonds is 7. The number of amides is 2. The van der Waals surface area contributed by atoms with Gasteiger partial charge < -0.3 is 24.4 Å². The van der Waals surface area contributed by atoms with Crippen molar-refractivity contribution in [1.82, 2.24) is 9.88 Å². The summed E-state index contributed by atoms with van der Waals surface area (Å²) >= 11 is 1.34. The topological polar surface area (TPSA) is 90.0 Å². The second-order valence-electron chi connectivity index (χ2n) is 7.03. The SMILES string of the molecule is COc1ccc([C@@H]2CC(=O)N(CC(=O)Nc3nccs3)C2)cc1OC1CCCO1. The first-order chi connectivity index (χ1) is 14.1. The molecular weight excluding hydrogens is 394 g/mol. The van der Waals surface area contributed by atoms with Gasteiger partial charge in [-0.3, -0.25) is 9.59 Å². The van der Waals surface area contributed by atoms with Crippen LogP contribution in [0.1, 0.15) is 30.7 Å². The monoisotopic (exact) mass is 417 g/mol. The molecule has 2 aliphatic rings. The van der Waals surface area contributed by atoms with Crippen LogP contribution in [0.25, 0.3) is 0 Å². The summed E-state index contributed by atoms with van der Waals surface area (Å²) in [6.45, 7) is 1.20. The quantitative estimate of drug-likeness (QED) is 0.745. The van der Waals surface area contributed by atoms with Crippen molar-refractivity contribution in [3.63, 3.8) is 0 Å². The van der Waals surface area contributed by atoms with Crippen molar-refractivity contribution >= 4 is 28.3 Å². The molecule has 0 bridgehead atoms. The molecule has 0 spiro atoms. The Morgan fingerprint density at radius 2 is 2.31 bits per heavy atom. The highest BCUT2D eigenvalue weighted by Crippen LogP contribution is 2.36. The maximum Gasteiger partial charge on any atom is 0.245 e. The normalized spacial score (nSPS) is 21.4. The van der Waals surface area contributed by atoms with Crippen LogP contribution in [0.3, 0.4) is 0 Å². The predicted octanol–water partition coefficient (Wildman–Crippen LogP) is 2.62. The Morgan fingerprint density at radius 1 is 1.41 bits per heavy atom. The van der Waals surface area contributed by atoms with E-state index in [-0.39, 0.29) is 30.6 Å². The Labute approximate surface area is 172 Å². The summed E-state index contributed by atoms with van der Waals surface area (Å²) in [6.07, 6.45) is 3.53. The number of nitrogens with zero attached hydrogens (tertiary/aromatic N) is 2. The third-order valence-electron chi connectivity index (χ3n) is 5.03. The lowest BCUT2D eigenvalue weighted by molar-refractivity contribution is -0.131. The van der Waals surface area contributed by atoms with Crippen LogP contribution in [-0.2, 0) is 14.3 Å². The molecule has 9 heteroatoms. The molecule has 1 unspecified atom stereocenters.